The van der Waals surface area contributed by atoms with E-state index in [4.69, 9.17) is 9.29 Å². The maximum absolute atomic E-state index is 11.6. The van der Waals surface area contributed by atoms with Gasteiger partial charge in [0.25, 0.3) is 5.91 Å². The smallest absolute Gasteiger partial charge is 0.337 e. The highest BCUT2D eigenvalue weighted by molar-refractivity contribution is 7.83. The van der Waals surface area contributed by atoms with Crippen molar-refractivity contribution in [2.75, 3.05) is 13.2 Å². The molecular weight excluding hydrogens is 272 g/mol. The molecule has 2 rings (SSSR count). The Morgan fingerprint density at radius 3 is 2.63 bits per heavy atom. The molecule has 1 unspecified atom stereocenters. The fourth-order valence-electron chi connectivity index (χ4n) is 1.68. The molecule has 0 bridgehead atoms. The van der Waals surface area contributed by atoms with E-state index in [9.17, 15) is 13.2 Å². The van der Waals surface area contributed by atoms with Crippen LogP contribution in [0, 0.1) is 0 Å². The standard InChI is InChI=1S/C11H14N2O5S/c14-11(8-18-9-4-2-1-3-5-9)12-10-6-7-13(10)19(15,16)17/h1-5,10H,6-8H2,(H,12,14)(H,15,16,17). The topological polar surface area (TPSA) is 95.9 Å². The summed E-state index contributed by atoms with van der Waals surface area (Å²) in [4.78, 5) is 11.6. The second-order valence-corrected chi connectivity index (χ2v) is 5.43. The monoisotopic (exact) mass is 286 g/mol. The number of carbonyl (C=O) groups excluding carboxylic acids is 1. The van der Waals surface area contributed by atoms with Gasteiger partial charge in [0.1, 0.15) is 5.75 Å². The molecule has 1 aromatic carbocycles. The lowest BCUT2D eigenvalue weighted by Gasteiger charge is -2.37. The van der Waals surface area contributed by atoms with Crippen molar-refractivity contribution >= 4 is 16.2 Å². The van der Waals surface area contributed by atoms with E-state index in [1.807, 2.05) is 6.07 Å². The van der Waals surface area contributed by atoms with Crippen LogP contribution in [0.5, 0.6) is 5.75 Å². The van der Waals surface area contributed by atoms with Gasteiger partial charge in [0.05, 0.1) is 6.17 Å². The van der Waals surface area contributed by atoms with E-state index >= 15 is 0 Å². The third-order valence-corrected chi connectivity index (χ3v) is 3.74. The normalized spacial score (nSPS) is 19.5. The van der Waals surface area contributed by atoms with Crippen LogP contribution < -0.4 is 10.1 Å². The molecule has 0 aromatic heterocycles. The van der Waals surface area contributed by atoms with Gasteiger partial charge in [0.2, 0.25) is 0 Å². The van der Waals surface area contributed by atoms with Gasteiger partial charge in [-0.25, -0.2) is 0 Å². The molecule has 0 spiro atoms. The van der Waals surface area contributed by atoms with E-state index < -0.39 is 22.4 Å². The molecule has 1 aliphatic rings. The van der Waals surface area contributed by atoms with Crippen LogP contribution in [-0.2, 0) is 15.1 Å². The molecule has 7 nitrogen and oxygen atoms in total. The summed E-state index contributed by atoms with van der Waals surface area (Å²) >= 11 is 0. The number of para-hydroxylation sites is 1. The van der Waals surface area contributed by atoms with Crippen molar-refractivity contribution in [1.82, 2.24) is 9.62 Å². The minimum atomic E-state index is -4.25. The maximum atomic E-state index is 11.6. The lowest BCUT2D eigenvalue weighted by molar-refractivity contribution is -0.125. The van der Waals surface area contributed by atoms with Gasteiger partial charge in [-0.2, -0.15) is 12.7 Å². The van der Waals surface area contributed by atoms with Crippen molar-refractivity contribution < 1.29 is 22.5 Å². The molecule has 1 fully saturated rings. The second-order valence-electron chi connectivity index (χ2n) is 4.06. The zero-order valence-electron chi connectivity index (χ0n) is 10.0. The maximum Gasteiger partial charge on any atom is 0.337 e. The molecule has 1 amide bonds. The van der Waals surface area contributed by atoms with Crippen molar-refractivity contribution in [3.8, 4) is 5.75 Å². The second kappa shape index (κ2) is 5.55. The third-order valence-electron chi connectivity index (χ3n) is 2.71. The van der Waals surface area contributed by atoms with Crippen molar-refractivity contribution in [3.63, 3.8) is 0 Å². The number of benzene rings is 1. The molecule has 1 atom stereocenters. The number of rotatable bonds is 5. The lowest BCUT2D eigenvalue weighted by Crippen LogP contribution is -2.59. The third kappa shape index (κ3) is 3.66. The van der Waals surface area contributed by atoms with Gasteiger partial charge in [0.15, 0.2) is 6.61 Å². The fourth-order valence-corrected chi connectivity index (χ4v) is 2.49. The Labute approximate surface area is 111 Å². The minimum absolute atomic E-state index is 0.198. The molecule has 1 aliphatic heterocycles. The molecule has 19 heavy (non-hydrogen) atoms. The SMILES string of the molecule is O=C(COc1ccccc1)NC1CCN1S(=O)(=O)O. The molecule has 2 N–H and O–H groups in total. The minimum Gasteiger partial charge on any atom is -0.484 e. The van der Waals surface area contributed by atoms with Crippen LogP contribution in [0.4, 0.5) is 0 Å². The van der Waals surface area contributed by atoms with Gasteiger partial charge < -0.3 is 10.1 Å². The van der Waals surface area contributed by atoms with Crippen LogP contribution in [0.25, 0.3) is 0 Å². The van der Waals surface area contributed by atoms with Crippen molar-refractivity contribution in [1.29, 1.82) is 0 Å². The van der Waals surface area contributed by atoms with Crippen LogP contribution >= 0.6 is 0 Å². The summed E-state index contributed by atoms with van der Waals surface area (Å²) in [5.41, 5.74) is 0. The van der Waals surface area contributed by atoms with E-state index in [0.717, 1.165) is 4.31 Å². The Hall–Kier alpha value is -1.64. The summed E-state index contributed by atoms with van der Waals surface area (Å²) in [5.74, 6) is 0.111. The van der Waals surface area contributed by atoms with Gasteiger partial charge in [-0.15, -0.1) is 0 Å². The summed E-state index contributed by atoms with van der Waals surface area (Å²) < 4.78 is 36.6. The Balaban J connectivity index is 1.79. The van der Waals surface area contributed by atoms with E-state index in [1.165, 1.54) is 0 Å². The highest BCUT2D eigenvalue weighted by Crippen LogP contribution is 2.18. The van der Waals surface area contributed by atoms with Crippen LogP contribution in [0.3, 0.4) is 0 Å². The van der Waals surface area contributed by atoms with Gasteiger partial charge in [0, 0.05) is 6.54 Å². The number of carbonyl (C=O) groups is 1. The van der Waals surface area contributed by atoms with Crippen molar-refractivity contribution in [2.45, 2.75) is 12.6 Å². The quantitative estimate of drug-likeness (QED) is 0.744. The largest absolute Gasteiger partial charge is 0.484 e. The molecular formula is C11H14N2O5S. The fraction of sp³-hybridized carbons (Fsp3) is 0.364. The molecule has 8 heteroatoms. The molecule has 1 aromatic rings. The first kappa shape index (κ1) is 13.8. The Kier molecular flexibility index (Phi) is 4.03. The van der Waals surface area contributed by atoms with E-state index in [-0.39, 0.29) is 13.2 Å². The van der Waals surface area contributed by atoms with Crippen LogP contribution in [0.1, 0.15) is 6.42 Å². The van der Waals surface area contributed by atoms with Crippen LogP contribution in [-0.4, -0.2) is 42.5 Å². The van der Waals surface area contributed by atoms with Crippen molar-refractivity contribution in [2.24, 2.45) is 0 Å². The Bertz CT molecular complexity index is 545. The molecule has 104 valence electrons. The number of amides is 1. The average Bonchev–Trinajstić information content (AvgIpc) is 2.31. The molecule has 1 saturated heterocycles. The Morgan fingerprint density at radius 1 is 1.42 bits per heavy atom. The number of ether oxygens (including phenoxy) is 1. The van der Waals surface area contributed by atoms with Gasteiger partial charge >= 0.3 is 10.3 Å². The molecule has 0 radical (unpaired) electrons. The van der Waals surface area contributed by atoms with Gasteiger partial charge in [-0.05, 0) is 18.6 Å². The average molecular weight is 286 g/mol. The zero-order valence-corrected chi connectivity index (χ0v) is 10.8. The lowest BCUT2D eigenvalue weighted by atomic mass is 10.2. The molecule has 1 heterocycles. The summed E-state index contributed by atoms with van der Waals surface area (Å²) in [6.07, 6.45) is -0.224. The van der Waals surface area contributed by atoms with Crippen molar-refractivity contribution in [3.05, 3.63) is 30.3 Å². The highest BCUT2D eigenvalue weighted by Gasteiger charge is 2.37. The van der Waals surface area contributed by atoms with E-state index in [2.05, 4.69) is 5.32 Å². The zero-order chi connectivity index (χ0) is 13.9. The van der Waals surface area contributed by atoms with E-state index in [0.29, 0.717) is 12.2 Å². The highest BCUT2D eigenvalue weighted by atomic mass is 32.2. The number of nitrogens with one attached hydrogen (secondary N) is 1. The van der Waals surface area contributed by atoms with Gasteiger partial charge in [-0.3, -0.25) is 9.35 Å². The summed E-state index contributed by atoms with van der Waals surface area (Å²) in [5, 5.41) is 2.47. The van der Waals surface area contributed by atoms with Gasteiger partial charge in [-0.1, -0.05) is 18.2 Å². The van der Waals surface area contributed by atoms with Crippen LogP contribution in [0.15, 0.2) is 30.3 Å². The Morgan fingerprint density at radius 2 is 2.11 bits per heavy atom. The predicted molar refractivity (Wildman–Crippen MR) is 66.7 cm³/mol. The van der Waals surface area contributed by atoms with E-state index in [1.54, 1.807) is 24.3 Å². The number of hydrogen-bond donors (Lipinski definition) is 2. The first-order chi connectivity index (χ1) is 8.97. The summed E-state index contributed by atoms with van der Waals surface area (Å²) in [7, 11) is -4.25. The first-order valence-corrected chi connectivity index (χ1v) is 7.08. The molecule has 0 saturated carbocycles. The predicted octanol–water partition coefficient (Wildman–Crippen LogP) is 0.0162. The summed E-state index contributed by atoms with van der Waals surface area (Å²) in [6, 6.07) is 8.80. The first-order valence-electron chi connectivity index (χ1n) is 5.68. The number of nitrogens with zero attached hydrogens (tertiary/aromatic N) is 1. The number of hydrogen-bond acceptors (Lipinski definition) is 4. The van der Waals surface area contributed by atoms with Crippen LogP contribution in [0.2, 0.25) is 0 Å². The summed E-state index contributed by atoms with van der Waals surface area (Å²) in [6.45, 7) is -0.0108. The molecule has 0 aliphatic carbocycles.